The first-order chi connectivity index (χ1) is 14.0. The van der Waals surface area contributed by atoms with Gasteiger partial charge < -0.3 is 23.8 Å². The van der Waals surface area contributed by atoms with E-state index in [2.05, 4.69) is 0 Å². The van der Waals surface area contributed by atoms with Crippen molar-refractivity contribution >= 4 is 18.0 Å². The summed E-state index contributed by atoms with van der Waals surface area (Å²) in [4.78, 5) is 26.4. The van der Waals surface area contributed by atoms with E-state index in [1.54, 1.807) is 61.6 Å². The van der Waals surface area contributed by atoms with Crippen molar-refractivity contribution in [3.63, 3.8) is 0 Å². The Bertz CT molecular complexity index is 962. The summed E-state index contributed by atoms with van der Waals surface area (Å²) in [7, 11) is 3.11. The third-order valence-corrected chi connectivity index (χ3v) is 4.60. The van der Waals surface area contributed by atoms with Crippen molar-refractivity contribution < 1.29 is 28.5 Å². The normalized spacial score (nSPS) is 13.7. The van der Waals surface area contributed by atoms with E-state index in [9.17, 15) is 9.59 Å². The van der Waals surface area contributed by atoms with Crippen molar-refractivity contribution in [2.75, 3.05) is 27.3 Å². The van der Waals surface area contributed by atoms with Gasteiger partial charge in [-0.15, -0.1) is 0 Å². The van der Waals surface area contributed by atoms with Crippen molar-refractivity contribution in [2.45, 2.75) is 13.8 Å². The van der Waals surface area contributed by atoms with E-state index < -0.39 is 6.09 Å². The van der Waals surface area contributed by atoms with Crippen molar-refractivity contribution in [3.8, 4) is 23.0 Å². The van der Waals surface area contributed by atoms with Crippen molar-refractivity contribution in [2.24, 2.45) is 0 Å². The smallest absolute Gasteiger partial charge is 0.415 e. The first-order valence-corrected chi connectivity index (χ1v) is 9.27. The van der Waals surface area contributed by atoms with Crippen LogP contribution in [0.15, 0.2) is 42.2 Å². The Morgan fingerprint density at radius 1 is 1.03 bits per heavy atom. The maximum absolute atomic E-state index is 12.7. The molecule has 0 atom stereocenters. The molecule has 3 rings (SSSR count). The number of amides is 1. The number of rotatable bonds is 6. The van der Waals surface area contributed by atoms with E-state index in [1.165, 1.54) is 0 Å². The summed E-state index contributed by atoms with van der Waals surface area (Å²) in [5.41, 5.74) is 1.09. The molecule has 0 fully saturated rings. The van der Waals surface area contributed by atoms with Crippen LogP contribution in [0.4, 0.5) is 4.79 Å². The molecule has 2 aromatic rings. The highest BCUT2D eigenvalue weighted by molar-refractivity contribution is 6.14. The Labute approximate surface area is 169 Å². The van der Waals surface area contributed by atoms with Gasteiger partial charge in [0.05, 0.1) is 19.8 Å². The molecule has 0 aromatic heterocycles. The molecule has 0 N–H and O–H groups in total. The van der Waals surface area contributed by atoms with Gasteiger partial charge in [0.25, 0.3) is 0 Å². The zero-order chi connectivity index (χ0) is 21.0. The summed E-state index contributed by atoms with van der Waals surface area (Å²) in [6, 6.07) is 9.99. The number of hydrogen-bond donors (Lipinski definition) is 0. The van der Waals surface area contributed by atoms with Crippen LogP contribution in [0.25, 0.3) is 6.08 Å². The van der Waals surface area contributed by atoms with Crippen molar-refractivity contribution in [3.05, 3.63) is 53.3 Å². The average molecular weight is 397 g/mol. The molecule has 7 heteroatoms. The monoisotopic (exact) mass is 397 g/mol. The van der Waals surface area contributed by atoms with Gasteiger partial charge in [-0.2, -0.15) is 0 Å². The maximum Gasteiger partial charge on any atom is 0.415 e. The molecule has 0 unspecified atom stereocenters. The van der Waals surface area contributed by atoms with Crippen molar-refractivity contribution in [1.82, 2.24) is 4.90 Å². The summed E-state index contributed by atoms with van der Waals surface area (Å²) in [5.74, 6) is 1.77. The summed E-state index contributed by atoms with van der Waals surface area (Å²) in [6.07, 6.45) is 1.17. The Hall–Kier alpha value is -3.48. The second-order valence-corrected chi connectivity index (χ2v) is 6.25. The number of allylic oxidation sites excluding steroid dienone is 1. The number of methoxy groups -OCH3 is 2. The van der Waals surface area contributed by atoms with E-state index in [0.717, 1.165) is 0 Å². The number of carbonyl (C=O) groups is 2. The third kappa shape index (κ3) is 4.18. The Morgan fingerprint density at radius 3 is 2.41 bits per heavy atom. The maximum atomic E-state index is 12.7. The van der Waals surface area contributed by atoms with Gasteiger partial charge in [-0.25, -0.2) is 4.79 Å². The predicted octanol–water partition coefficient (Wildman–Crippen LogP) is 4.16. The number of carbonyl (C=O) groups excluding carboxylic acids is 2. The lowest BCUT2D eigenvalue weighted by atomic mass is 10.1. The molecule has 0 bridgehead atoms. The van der Waals surface area contributed by atoms with Gasteiger partial charge in [-0.1, -0.05) is 0 Å². The summed E-state index contributed by atoms with van der Waals surface area (Å²) >= 11 is 0. The third-order valence-electron chi connectivity index (χ3n) is 4.60. The van der Waals surface area contributed by atoms with Gasteiger partial charge in [-0.05, 0) is 44.2 Å². The molecule has 7 nitrogen and oxygen atoms in total. The number of nitrogens with zero attached hydrogens (tertiary/aromatic N) is 1. The Kier molecular flexibility index (Phi) is 6.07. The lowest BCUT2D eigenvalue weighted by molar-refractivity contribution is 0.101. The van der Waals surface area contributed by atoms with Crippen LogP contribution in [0.2, 0.25) is 0 Å². The van der Waals surface area contributed by atoms with E-state index in [1.807, 2.05) is 13.8 Å². The minimum Gasteiger partial charge on any atom is -0.497 e. The van der Waals surface area contributed by atoms with E-state index >= 15 is 0 Å². The number of benzene rings is 2. The van der Waals surface area contributed by atoms with Crippen LogP contribution in [0, 0.1) is 0 Å². The fourth-order valence-corrected chi connectivity index (χ4v) is 2.96. The first kappa shape index (κ1) is 20.3. The molecule has 1 amide bonds. The Morgan fingerprint density at radius 2 is 1.76 bits per heavy atom. The predicted molar refractivity (Wildman–Crippen MR) is 108 cm³/mol. The largest absolute Gasteiger partial charge is 0.497 e. The highest BCUT2D eigenvalue weighted by Crippen LogP contribution is 2.36. The Balaban J connectivity index is 1.84. The van der Waals surface area contributed by atoms with Gasteiger partial charge in [-0.3, -0.25) is 4.79 Å². The lowest BCUT2D eigenvalue weighted by Gasteiger charge is -2.17. The lowest BCUT2D eigenvalue weighted by Crippen LogP contribution is -2.33. The standard InChI is InChI=1S/C22H23NO6/c1-5-23(6-2)22(25)28-16-9-10-17-19(13-16)29-20(21(17)24)11-14-7-8-15(26-3)12-18(14)27-4/h7-13H,5-6H2,1-4H3. The number of fused-ring (bicyclic) bond motifs is 1. The average Bonchev–Trinajstić information content (AvgIpc) is 3.04. The van der Waals surface area contributed by atoms with Crippen LogP contribution < -0.4 is 18.9 Å². The zero-order valence-corrected chi connectivity index (χ0v) is 16.9. The fourth-order valence-electron chi connectivity index (χ4n) is 2.96. The van der Waals surface area contributed by atoms with Crippen molar-refractivity contribution in [1.29, 1.82) is 0 Å². The van der Waals surface area contributed by atoms with Crippen LogP contribution in [0.1, 0.15) is 29.8 Å². The van der Waals surface area contributed by atoms with Gasteiger partial charge in [0.2, 0.25) is 5.78 Å². The van der Waals surface area contributed by atoms with Gasteiger partial charge in [0.15, 0.2) is 5.76 Å². The molecule has 0 saturated carbocycles. The minimum absolute atomic E-state index is 0.163. The van der Waals surface area contributed by atoms with Gasteiger partial charge >= 0.3 is 6.09 Å². The highest BCUT2D eigenvalue weighted by Gasteiger charge is 2.28. The topological polar surface area (TPSA) is 74.3 Å². The van der Waals surface area contributed by atoms with Crippen LogP contribution in [0.3, 0.4) is 0 Å². The second kappa shape index (κ2) is 8.68. The minimum atomic E-state index is -0.446. The number of ketones is 1. The summed E-state index contributed by atoms with van der Waals surface area (Å²) < 4.78 is 21.7. The SMILES string of the molecule is CCN(CC)C(=O)Oc1ccc2c(c1)OC(=Cc1ccc(OC)cc1OC)C2=O. The summed E-state index contributed by atoms with van der Waals surface area (Å²) in [5, 5.41) is 0. The number of ether oxygens (including phenoxy) is 4. The molecular weight excluding hydrogens is 374 g/mol. The summed E-state index contributed by atoms with van der Waals surface area (Å²) in [6.45, 7) is 4.84. The molecule has 0 aliphatic carbocycles. The van der Waals surface area contributed by atoms with Crippen LogP contribution >= 0.6 is 0 Å². The molecular formula is C22H23NO6. The quantitative estimate of drug-likeness (QED) is 0.682. The number of hydrogen-bond acceptors (Lipinski definition) is 6. The molecule has 0 saturated heterocycles. The number of Topliss-reactive ketones (excluding diaryl/α,β-unsaturated/α-hetero) is 1. The van der Waals surface area contributed by atoms with Crippen LogP contribution in [-0.4, -0.2) is 44.1 Å². The molecule has 29 heavy (non-hydrogen) atoms. The van der Waals surface area contributed by atoms with Crippen LogP contribution in [0.5, 0.6) is 23.0 Å². The molecule has 152 valence electrons. The van der Waals surface area contributed by atoms with Crippen LogP contribution in [-0.2, 0) is 0 Å². The van der Waals surface area contributed by atoms with Gasteiger partial charge in [0, 0.05) is 30.8 Å². The molecule has 0 spiro atoms. The molecule has 0 radical (unpaired) electrons. The zero-order valence-electron chi connectivity index (χ0n) is 16.9. The van der Waals surface area contributed by atoms with Gasteiger partial charge in [0.1, 0.15) is 23.0 Å². The fraction of sp³-hybridized carbons (Fsp3) is 0.273. The molecule has 2 aromatic carbocycles. The molecule has 1 aliphatic rings. The molecule has 1 heterocycles. The van der Waals surface area contributed by atoms with E-state index in [0.29, 0.717) is 47.2 Å². The van der Waals surface area contributed by atoms with E-state index in [4.69, 9.17) is 18.9 Å². The first-order valence-electron chi connectivity index (χ1n) is 9.27. The second-order valence-electron chi connectivity index (χ2n) is 6.25. The molecule has 1 aliphatic heterocycles. The van der Waals surface area contributed by atoms with E-state index in [-0.39, 0.29) is 11.5 Å². The highest BCUT2D eigenvalue weighted by atomic mass is 16.6.